The number of methoxy groups -OCH3 is 1. The van der Waals surface area contributed by atoms with Gasteiger partial charge in [0, 0.05) is 18.4 Å². The monoisotopic (exact) mass is 299 g/mol. The third-order valence-electron chi connectivity index (χ3n) is 5.02. The first-order valence-corrected chi connectivity index (χ1v) is 8.95. The molecule has 3 heterocycles. The Kier molecular flexibility index (Phi) is 4.58. The van der Waals surface area contributed by atoms with Crippen LogP contribution in [0, 0.1) is 0 Å². The van der Waals surface area contributed by atoms with Gasteiger partial charge in [0.15, 0.2) is 0 Å². The highest BCUT2D eigenvalue weighted by Gasteiger charge is 2.44. The van der Waals surface area contributed by atoms with Crippen LogP contribution in [0.15, 0.2) is 0 Å². The molecule has 0 aromatic heterocycles. The minimum Gasteiger partial charge on any atom is -0.468 e. The summed E-state index contributed by atoms with van der Waals surface area (Å²) in [4.78, 5) is 14.5. The fourth-order valence-electron chi connectivity index (χ4n) is 3.93. The van der Waals surface area contributed by atoms with Gasteiger partial charge in [0.05, 0.1) is 12.7 Å². The van der Waals surface area contributed by atoms with Crippen LogP contribution in [0.5, 0.6) is 0 Å². The van der Waals surface area contributed by atoms with Gasteiger partial charge < -0.3 is 9.47 Å². The summed E-state index contributed by atoms with van der Waals surface area (Å²) in [6, 6.07) is 0.467. The highest BCUT2D eigenvalue weighted by atomic mass is 32.2. The Morgan fingerprint density at radius 1 is 1.40 bits per heavy atom. The van der Waals surface area contributed by atoms with Gasteiger partial charge in [-0.15, -0.1) is 0 Å². The fraction of sp³-hybridized carbons (Fsp3) is 0.933. The number of hydrogen-bond donors (Lipinski definition) is 0. The summed E-state index contributed by atoms with van der Waals surface area (Å²) in [5.41, 5.74) is 0.0890. The zero-order valence-corrected chi connectivity index (χ0v) is 13.1. The number of rotatable bonds is 2. The number of carbonyl (C=O) groups is 1. The average molecular weight is 299 g/mol. The molecular weight excluding hydrogens is 274 g/mol. The predicted octanol–water partition coefficient (Wildman–Crippen LogP) is 2.07. The zero-order chi connectivity index (χ0) is 14.0. The molecule has 114 valence electrons. The van der Waals surface area contributed by atoms with Gasteiger partial charge in [-0.05, 0) is 44.4 Å². The van der Waals surface area contributed by atoms with Crippen molar-refractivity contribution in [3.8, 4) is 0 Å². The molecule has 3 fully saturated rings. The molecule has 0 radical (unpaired) electrons. The molecule has 0 aromatic rings. The van der Waals surface area contributed by atoms with Crippen LogP contribution < -0.4 is 0 Å². The lowest BCUT2D eigenvalue weighted by atomic mass is 9.87. The Bertz CT molecular complexity index is 357. The van der Waals surface area contributed by atoms with Crippen molar-refractivity contribution in [1.82, 2.24) is 4.90 Å². The molecule has 0 aromatic carbocycles. The van der Waals surface area contributed by atoms with Gasteiger partial charge in [0.25, 0.3) is 0 Å². The second-order valence-corrected chi connectivity index (χ2v) is 7.36. The van der Waals surface area contributed by atoms with Gasteiger partial charge in [-0.2, -0.15) is 11.8 Å². The molecule has 3 rings (SSSR count). The van der Waals surface area contributed by atoms with E-state index in [1.807, 2.05) is 11.8 Å². The number of piperidine rings is 1. The van der Waals surface area contributed by atoms with E-state index in [-0.39, 0.29) is 17.6 Å². The van der Waals surface area contributed by atoms with Crippen molar-refractivity contribution in [2.75, 3.05) is 31.8 Å². The number of thioether (sulfide) groups is 1. The maximum atomic E-state index is 12.0. The van der Waals surface area contributed by atoms with E-state index < -0.39 is 0 Å². The molecule has 3 aliphatic heterocycles. The van der Waals surface area contributed by atoms with Crippen molar-refractivity contribution in [2.45, 2.75) is 56.2 Å². The van der Waals surface area contributed by atoms with Gasteiger partial charge >= 0.3 is 5.97 Å². The molecule has 3 saturated heterocycles. The smallest absolute Gasteiger partial charge is 0.323 e. The largest absolute Gasteiger partial charge is 0.468 e. The molecule has 2 unspecified atom stereocenters. The van der Waals surface area contributed by atoms with Crippen LogP contribution in [-0.4, -0.2) is 60.3 Å². The van der Waals surface area contributed by atoms with Crippen molar-refractivity contribution < 1.29 is 14.3 Å². The van der Waals surface area contributed by atoms with Gasteiger partial charge in [0.1, 0.15) is 6.04 Å². The number of likely N-dealkylation sites (tertiary alicyclic amines) is 1. The number of esters is 1. The summed E-state index contributed by atoms with van der Waals surface area (Å²) in [5.74, 6) is 2.29. The van der Waals surface area contributed by atoms with Crippen LogP contribution in [0.4, 0.5) is 0 Å². The van der Waals surface area contributed by atoms with E-state index in [0.717, 1.165) is 44.6 Å². The number of hydrogen-bond acceptors (Lipinski definition) is 5. The van der Waals surface area contributed by atoms with E-state index >= 15 is 0 Å². The molecule has 0 aliphatic carbocycles. The van der Waals surface area contributed by atoms with Crippen molar-refractivity contribution in [2.24, 2.45) is 0 Å². The van der Waals surface area contributed by atoms with Crippen LogP contribution >= 0.6 is 11.8 Å². The van der Waals surface area contributed by atoms with E-state index in [1.54, 1.807) is 0 Å². The first-order valence-electron chi connectivity index (χ1n) is 7.79. The third-order valence-corrected chi connectivity index (χ3v) is 6.24. The summed E-state index contributed by atoms with van der Waals surface area (Å²) >= 11 is 2.00. The second-order valence-electron chi connectivity index (χ2n) is 6.25. The summed E-state index contributed by atoms with van der Waals surface area (Å²) in [5, 5.41) is 0. The average Bonchev–Trinajstić information content (AvgIpc) is 2.94. The van der Waals surface area contributed by atoms with Crippen molar-refractivity contribution >= 4 is 17.7 Å². The van der Waals surface area contributed by atoms with E-state index in [4.69, 9.17) is 9.47 Å². The predicted molar refractivity (Wildman–Crippen MR) is 80.0 cm³/mol. The van der Waals surface area contributed by atoms with Crippen LogP contribution in [0.3, 0.4) is 0 Å². The van der Waals surface area contributed by atoms with E-state index in [0.29, 0.717) is 6.04 Å². The normalized spacial score (nSPS) is 39.0. The fourth-order valence-corrected chi connectivity index (χ4v) is 5.31. The van der Waals surface area contributed by atoms with Gasteiger partial charge in [-0.3, -0.25) is 9.69 Å². The first kappa shape index (κ1) is 14.7. The Morgan fingerprint density at radius 3 is 3.05 bits per heavy atom. The number of ether oxygens (including phenoxy) is 2. The summed E-state index contributed by atoms with van der Waals surface area (Å²) < 4.78 is 11.1. The second kappa shape index (κ2) is 6.24. The molecule has 4 nitrogen and oxygen atoms in total. The lowest BCUT2D eigenvalue weighted by molar-refractivity contribution is -0.153. The number of carbonyl (C=O) groups excluding carboxylic acids is 1. The summed E-state index contributed by atoms with van der Waals surface area (Å²) in [6.45, 7) is 1.88. The van der Waals surface area contributed by atoms with Crippen LogP contribution in [-0.2, 0) is 14.3 Å². The van der Waals surface area contributed by atoms with E-state index in [9.17, 15) is 4.79 Å². The van der Waals surface area contributed by atoms with E-state index in [1.165, 1.54) is 25.7 Å². The molecule has 0 bridgehead atoms. The first-order chi connectivity index (χ1) is 9.74. The minimum atomic E-state index is -0.0500. The van der Waals surface area contributed by atoms with Crippen molar-refractivity contribution in [3.63, 3.8) is 0 Å². The van der Waals surface area contributed by atoms with Gasteiger partial charge in [-0.25, -0.2) is 0 Å². The van der Waals surface area contributed by atoms with Gasteiger partial charge in [0.2, 0.25) is 0 Å². The van der Waals surface area contributed by atoms with Crippen LogP contribution in [0.1, 0.15) is 38.5 Å². The van der Waals surface area contributed by atoms with Crippen molar-refractivity contribution in [3.05, 3.63) is 0 Å². The molecule has 3 aliphatic rings. The molecule has 0 amide bonds. The Balaban J connectivity index is 1.70. The molecule has 0 saturated carbocycles. The lowest BCUT2D eigenvalue weighted by Crippen LogP contribution is -2.55. The summed E-state index contributed by atoms with van der Waals surface area (Å²) in [6.07, 6.45) is 6.61. The summed E-state index contributed by atoms with van der Waals surface area (Å²) in [7, 11) is 1.51. The Hall–Kier alpha value is -0.260. The molecule has 0 N–H and O–H groups in total. The minimum absolute atomic E-state index is 0.0250. The zero-order valence-electron chi connectivity index (χ0n) is 12.3. The quantitative estimate of drug-likeness (QED) is 0.730. The number of nitrogens with zero attached hydrogens (tertiary/aromatic N) is 1. The Morgan fingerprint density at radius 2 is 2.30 bits per heavy atom. The third kappa shape index (κ3) is 2.85. The van der Waals surface area contributed by atoms with Crippen LogP contribution in [0.2, 0.25) is 0 Å². The topological polar surface area (TPSA) is 38.8 Å². The van der Waals surface area contributed by atoms with Crippen molar-refractivity contribution in [1.29, 1.82) is 0 Å². The Labute approximate surface area is 125 Å². The highest BCUT2D eigenvalue weighted by molar-refractivity contribution is 7.99. The SMILES string of the molecule is COC(=O)[C@H]1CCCCN1C1CCOC2(CCSC2)C1. The molecule has 5 heteroatoms. The standard InChI is InChI=1S/C15H25NO3S/c1-18-14(17)13-4-2-3-7-16(13)12-5-8-19-15(10-12)6-9-20-11-15/h12-13H,2-11H2,1H3/t12?,13-,15?/m1/s1. The highest BCUT2D eigenvalue weighted by Crippen LogP contribution is 2.40. The molecule has 20 heavy (non-hydrogen) atoms. The van der Waals surface area contributed by atoms with Gasteiger partial charge in [-0.1, -0.05) is 6.42 Å². The van der Waals surface area contributed by atoms with Crippen LogP contribution in [0.25, 0.3) is 0 Å². The molecule has 3 atom stereocenters. The maximum Gasteiger partial charge on any atom is 0.323 e. The maximum absolute atomic E-state index is 12.0. The lowest BCUT2D eigenvalue weighted by Gasteiger charge is -2.46. The molecular formula is C15H25NO3S. The molecule has 1 spiro atoms. The van der Waals surface area contributed by atoms with E-state index in [2.05, 4.69) is 4.90 Å².